The predicted molar refractivity (Wildman–Crippen MR) is 92.0 cm³/mol. The first-order valence-electron chi connectivity index (χ1n) is 8.60. The Balaban J connectivity index is 2.23. The van der Waals surface area contributed by atoms with Crippen LogP contribution in [-0.2, 0) is 19.1 Å². The molecule has 4 nitrogen and oxygen atoms in total. The predicted octanol–water partition coefficient (Wildman–Crippen LogP) is 3.85. The Hall–Kier alpha value is -2.02. The SMILES string of the molecule is C=C(C)C(=O)OC1(C#CC2(OC(=O)C(=C)C)CCCC2)CCCC1. The summed E-state index contributed by atoms with van der Waals surface area (Å²) in [7, 11) is 0. The molecule has 0 aromatic rings. The van der Waals surface area contributed by atoms with E-state index >= 15 is 0 Å². The van der Waals surface area contributed by atoms with Crippen molar-refractivity contribution >= 4 is 11.9 Å². The molecule has 2 fully saturated rings. The zero-order valence-corrected chi connectivity index (χ0v) is 14.7. The van der Waals surface area contributed by atoms with Crippen molar-refractivity contribution in [3.63, 3.8) is 0 Å². The highest BCUT2D eigenvalue weighted by molar-refractivity contribution is 5.88. The summed E-state index contributed by atoms with van der Waals surface area (Å²) >= 11 is 0. The lowest BCUT2D eigenvalue weighted by Gasteiger charge is -2.26. The molecule has 4 heteroatoms. The van der Waals surface area contributed by atoms with Crippen molar-refractivity contribution in [3.8, 4) is 11.8 Å². The third kappa shape index (κ3) is 4.29. The maximum Gasteiger partial charge on any atom is 0.334 e. The lowest BCUT2D eigenvalue weighted by molar-refractivity contribution is -0.150. The van der Waals surface area contributed by atoms with E-state index in [-0.39, 0.29) is 0 Å². The first kappa shape index (κ1) is 18.3. The molecule has 0 saturated heterocycles. The number of esters is 2. The van der Waals surface area contributed by atoms with Crippen molar-refractivity contribution in [3.05, 3.63) is 24.3 Å². The second-order valence-corrected chi connectivity index (χ2v) is 6.99. The van der Waals surface area contributed by atoms with E-state index in [1.54, 1.807) is 13.8 Å². The highest BCUT2D eigenvalue weighted by Crippen LogP contribution is 2.36. The average molecular weight is 330 g/mol. The van der Waals surface area contributed by atoms with Crippen LogP contribution in [0.15, 0.2) is 24.3 Å². The fourth-order valence-electron chi connectivity index (χ4n) is 3.15. The summed E-state index contributed by atoms with van der Waals surface area (Å²) in [5.74, 6) is 5.51. The van der Waals surface area contributed by atoms with Gasteiger partial charge < -0.3 is 9.47 Å². The second-order valence-electron chi connectivity index (χ2n) is 6.99. The Labute approximate surface area is 144 Å². The minimum Gasteiger partial charge on any atom is -0.442 e. The van der Waals surface area contributed by atoms with Crippen LogP contribution in [-0.4, -0.2) is 23.1 Å². The van der Waals surface area contributed by atoms with E-state index in [1.165, 1.54) is 0 Å². The number of ether oxygens (including phenoxy) is 2. The fraction of sp³-hybridized carbons (Fsp3) is 0.600. The molecule has 24 heavy (non-hydrogen) atoms. The van der Waals surface area contributed by atoms with Gasteiger partial charge in [0.15, 0.2) is 11.2 Å². The molecule has 0 bridgehead atoms. The van der Waals surface area contributed by atoms with Crippen LogP contribution < -0.4 is 0 Å². The lowest BCUT2D eigenvalue weighted by atomic mass is 9.97. The van der Waals surface area contributed by atoms with Crippen molar-refractivity contribution in [2.24, 2.45) is 0 Å². The van der Waals surface area contributed by atoms with Gasteiger partial charge in [-0.25, -0.2) is 9.59 Å². The van der Waals surface area contributed by atoms with Crippen LogP contribution in [0.25, 0.3) is 0 Å². The summed E-state index contributed by atoms with van der Waals surface area (Å²) in [5.41, 5.74) is -0.817. The Morgan fingerprint density at radius 3 is 1.29 bits per heavy atom. The summed E-state index contributed by atoms with van der Waals surface area (Å²) in [6.45, 7) is 10.5. The molecular weight excluding hydrogens is 304 g/mol. The Morgan fingerprint density at radius 2 is 1.04 bits per heavy atom. The van der Waals surface area contributed by atoms with Crippen molar-refractivity contribution in [2.75, 3.05) is 0 Å². The van der Waals surface area contributed by atoms with Gasteiger partial charge in [0.25, 0.3) is 0 Å². The maximum absolute atomic E-state index is 12.0. The smallest absolute Gasteiger partial charge is 0.334 e. The lowest BCUT2D eigenvalue weighted by Crippen LogP contribution is -2.34. The molecule has 0 aromatic heterocycles. The molecular formula is C20H26O4. The van der Waals surface area contributed by atoms with E-state index in [1.807, 2.05) is 0 Å². The van der Waals surface area contributed by atoms with Gasteiger partial charge in [-0.3, -0.25) is 0 Å². The molecule has 2 aliphatic rings. The Bertz CT molecular complexity index is 553. The molecule has 130 valence electrons. The molecule has 2 aliphatic carbocycles. The highest BCUT2D eigenvalue weighted by atomic mass is 16.6. The van der Waals surface area contributed by atoms with Gasteiger partial charge in [0.05, 0.1) is 0 Å². The van der Waals surface area contributed by atoms with Crippen molar-refractivity contribution < 1.29 is 19.1 Å². The van der Waals surface area contributed by atoms with E-state index in [0.717, 1.165) is 25.7 Å². The molecule has 0 amide bonds. The molecule has 2 rings (SSSR count). The van der Waals surface area contributed by atoms with Crippen LogP contribution in [0.4, 0.5) is 0 Å². The van der Waals surface area contributed by atoms with Crippen LogP contribution >= 0.6 is 0 Å². The molecule has 0 heterocycles. The van der Waals surface area contributed by atoms with Crippen molar-refractivity contribution in [1.29, 1.82) is 0 Å². The molecule has 0 N–H and O–H groups in total. The van der Waals surface area contributed by atoms with Crippen LogP contribution in [0.2, 0.25) is 0 Å². The van der Waals surface area contributed by atoms with Crippen molar-refractivity contribution in [2.45, 2.75) is 76.4 Å². The summed E-state index contributed by atoms with van der Waals surface area (Å²) in [4.78, 5) is 23.9. The van der Waals surface area contributed by atoms with Crippen LogP contribution in [0.5, 0.6) is 0 Å². The molecule has 0 atom stereocenters. The zero-order chi connectivity index (χ0) is 17.8. The van der Waals surface area contributed by atoms with Gasteiger partial charge in [-0.15, -0.1) is 0 Å². The molecule has 0 radical (unpaired) electrons. The van der Waals surface area contributed by atoms with Gasteiger partial charge in [-0.2, -0.15) is 0 Å². The summed E-state index contributed by atoms with van der Waals surface area (Å²) in [5, 5.41) is 0. The van der Waals surface area contributed by atoms with Gasteiger partial charge in [-0.1, -0.05) is 25.0 Å². The van der Waals surface area contributed by atoms with Gasteiger partial charge in [0, 0.05) is 11.1 Å². The molecule has 0 spiro atoms. The van der Waals surface area contributed by atoms with Gasteiger partial charge in [0.1, 0.15) is 0 Å². The maximum atomic E-state index is 12.0. The normalized spacial score (nSPS) is 20.6. The number of carbonyl (C=O) groups excluding carboxylic acids is 2. The molecule has 0 aromatic carbocycles. The second kappa shape index (κ2) is 7.25. The van der Waals surface area contributed by atoms with Gasteiger partial charge >= 0.3 is 11.9 Å². The van der Waals surface area contributed by atoms with Gasteiger partial charge in [0.2, 0.25) is 0 Å². The monoisotopic (exact) mass is 330 g/mol. The molecule has 2 saturated carbocycles. The zero-order valence-electron chi connectivity index (χ0n) is 14.7. The Kier molecular flexibility index (Phi) is 5.54. The minimum absolute atomic E-state index is 0.368. The summed E-state index contributed by atoms with van der Waals surface area (Å²) in [6, 6.07) is 0. The third-order valence-electron chi connectivity index (χ3n) is 4.61. The number of carbonyl (C=O) groups is 2. The van der Waals surface area contributed by atoms with E-state index in [2.05, 4.69) is 25.0 Å². The largest absolute Gasteiger partial charge is 0.442 e. The number of rotatable bonds is 4. The number of hydrogen-bond acceptors (Lipinski definition) is 4. The fourth-order valence-corrected chi connectivity index (χ4v) is 3.15. The third-order valence-corrected chi connectivity index (χ3v) is 4.61. The van der Waals surface area contributed by atoms with Crippen LogP contribution in [0, 0.1) is 11.8 Å². The summed E-state index contributed by atoms with van der Waals surface area (Å²) in [6.07, 6.45) is 6.72. The highest BCUT2D eigenvalue weighted by Gasteiger charge is 2.40. The van der Waals surface area contributed by atoms with Crippen LogP contribution in [0.3, 0.4) is 0 Å². The van der Waals surface area contributed by atoms with Crippen LogP contribution in [0.1, 0.15) is 65.2 Å². The van der Waals surface area contributed by atoms with E-state index in [4.69, 9.17) is 9.47 Å². The molecule has 0 aliphatic heterocycles. The first-order chi connectivity index (χ1) is 11.3. The molecule has 0 unspecified atom stereocenters. The summed E-state index contributed by atoms with van der Waals surface area (Å²) < 4.78 is 11.3. The minimum atomic E-state index is -0.777. The quantitative estimate of drug-likeness (QED) is 0.446. The van der Waals surface area contributed by atoms with E-state index in [0.29, 0.717) is 36.8 Å². The van der Waals surface area contributed by atoms with Gasteiger partial charge in [-0.05, 0) is 65.2 Å². The van der Waals surface area contributed by atoms with E-state index in [9.17, 15) is 9.59 Å². The number of hydrogen-bond donors (Lipinski definition) is 0. The average Bonchev–Trinajstić information content (AvgIpc) is 3.16. The Morgan fingerprint density at radius 1 is 0.750 bits per heavy atom. The first-order valence-corrected chi connectivity index (χ1v) is 8.60. The topological polar surface area (TPSA) is 52.6 Å². The standard InChI is InChI=1S/C20H26O4/c1-15(2)17(21)23-19(9-5-6-10-19)13-14-20(11-7-8-12-20)24-18(22)16(3)4/h1,3,5-12H2,2,4H3. The van der Waals surface area contributed by atoms with E-state index < -0.39 is 23.1 Å². The van der Waals surface area contributed by atoms with Crippen molar-refractivity contribution in [1.82, 2.24) is 0 Å².